The molecule has 9 heteroatoms. The van der Waals surface area contributed by atoms with E-state index in [0.717, 1.165) is 44.9 Å². The van der Waals surface area contributed by atoms with Crippen LogP contribution in [0, 0.1) is 0 Å². The average molecular weight is 862 g/mol. The molecule has 1 rings (SSSR count). The van der Waals surface area contributed by atoms with Gasteiger partial charge in [-0.2, -0.15) is 0 Å². The molecule has 61 heavy (non-hydrogen) atoms. The van der Waals surface area contributed by atoms with E-state index >= 15 is 0 Å². The maximum absolute atomic E-state index is 12.9. The second kappa shape index (κ2) is 42.1. The lowest BCUT2D eigenvalue weighted by Gasteiger charge is -2.40. The van der Waals surface area contributed by atoms with Gasteiger partial charge in [0.1, 0.15) is 24.4 Å². The highest BCUT2D eigenvalue weighted by Gasteiger charge is 2.44. The number of nitrogens with one attached hydrogen (secondary N) is 1. The molecule has 1 heterocycles. The van der Waals surface area contributed by atoms with Crippen molar-refractivity contribution in [3.8, 4) is 0 Å². The molecule has 9 nitrogen and oxygen atoms in total. The van der Waals surface area contributed by atoms with Crippen LogP contribution in [0.1, 0.15) is 219 Å². The van der Waals surface area contributed by atoms with Crippen molar-refractivity contribution in [2.24, 2.45) is 0 Å². The van der Waals surface area contributed by atoms with Gasteiger partial charge in [-0.3, -0.25) is 4.79 Å². The van der Waals surface area contributed by atoms with Crippen LogP contribution in [0.15, 0.2) is 48.6 Å². The first kappa shape index (κ1) is 57.2. The summed E-state index contributed by atoms with van der Waals surface area (Å²) in [5.74, 6) is -0.194. The molecule has 0 aliphatic carbocycles. The number of aliphatic hydroxyl groups is 5. The predicted molar refractivity (Wildman–Crippen MR) is 253 cm³/mol. The van der Waals surface area contributed by atoms with Crippen molar-refractivity contribution in [3.05, 3.63) is 48.6 Å². The zero-order valence-electron chi connectivity index (χ0n) is 39.2. The highest BCUT2D eigenvalue weighted by molar-refractivity contribution is 5.76. The van der Waals surface area contributed by atoms with Crippen LogP contribution in [0.25, 0.3) is 0 Å². The summed E-state index contributed by atoms with van der Waals surface area (Å²) >= 11 is 0. The molecule has 0 aromatic heterocycles. The second-order valence-corrected chi connectivity index (χ2v) is 17.6. The van der Waals surface area contributed by atoms with Crippen molar-refractivity contribution in [1.29, 1.82) is 0 Å². The minimum Gasteiger partial charge on any atom is -0.394 e. The van der Waals surface area contributed by atoms with E-state index in [2.05, 4.69) is 42.6 Å². The number of ether oxygens (including phenoxy) is 2. The molecule has 0 aromatic carbocycles. The highest BCUT2D eigenvalue weighted by Crippen LogP contribution is 2.23. The van der Waals surface area contributed by atoms with Crippen molar-refractivity contribution >= 4 is 5.91 Å². The molecule has 1 aliphatic heterocycles. The number of carbonyl (C=O) groups excluding carboxylic acids is 1. The van der Waals surface area contributed by atoms with Gasteiger partial charge in [0, 0.05) is 6.42 Å². The van der Waals surface area contributed by atoms with E-state index in [4.69, 9.17) is 9.47 Å². The Morgan fingerprint density at radius 1 is 0.574 bits per heavy atom. The molecule has 0 spiro atoms. The molecule has 0 radical (unpaired) electrons. The van der Waals surface area contributed by atoms with Gasteiger partial charge in [-0.15, -0.1) is 0 Å². The molecule has 1 amide bonds. The quantitative estimate of drug-likeness (QED) is 0.0262. The smallest absolute Gasteiger partial charge is 0.220 e. The van der Waals surface area contributed by atoms with Gasteiger partial charge in [-0.05, 0) is 64.7 Å². The van der Waals surface area contributed by atoms with E-state index < -0.39 is 49.5 Å². The third-order valence-electron chi connectivity index (χ3n) is 11.9. The van der Waals surface area contributed by atoms with E-state index in [1.54, 1.807) is 6.08 Å². The minimum atomic E-state index is -1.57. The Balaban J connectivity index is 2.14. The van der Waals surface area contributed by atoms with Gasteiger partial charge in [0.2, 0.25) is 5.91 Å². The van der Waals surface area contributed by atoms with Crippen LogP contribution < -0.4 is 5.32 Å². The Hall–Kier alpha value is -1.85. The number of allylic oxidation sites excluding steroid dienone is 7. The molecule has 6 N–H and O–H groups in total. The lowest BCUT2D eigenvalue weighted by Crippen LogP contribution is -2.60. The summed E-state index contributed by atoms with van der Waals surface area (Å²) in [7, 11) is 0. The third-order valence-corrected chi connectivity index (χ3v) is 11.9. The standard InChI is InChI=1S/C52H95NO8/c1-3-5-7-9-11-13-14-15-16-17-18-19-20-21-22-23-24-25-26-27-28-29-30-31-32-34-36-38-40-42-48(56)53-45(46(55)41-39-37-35-33-12-10-8-6-4-2)44-60-52-51(59)50(58)49(57)47(43-54)61-52/h4,6,12,21-22,33,39,41,45-47,49-52,54-55,57-59H,3,5,7-11,13-20,23-32,34-38,40,42-44H2,1-2H3,(H,53,56)/b6-4+,22-21-,33-12+,41-39+. The Kier molecular flexibility index (Phi) is 39.5. The Morgan fingerprint density at radius 2 is 1.00 bits per heavy atom. The molecular weight excluding hydrogens is 767 g/mol. The number of hydrogen-bond acceptors (Lipinski definition) is 8. The van der Waals surface area contributed by atoms with Crippen LogP contribution in [-0.4, -0.2) is 87.5 Å². The van der Waals surface area contributed by atoms with Gasteiger partial charge >= 0.3 is 0 Å². The number of rotatable bonds is 42. The van der Waals surface area contributed by atoms with Crippen LogP contribution in [0.3, 0.4) is 0 Å². The van der Waals surface area contributed by atoms with E-state index in [9.17, 15) is 30.3 Å². The van der Waals surface area contributed by atoms with Crippen LogP contribution in [0.4, 0.5) is 0 Å². The van der Waals surface area contributed by atoms with Crippen molar-refractivity contribution in [2.75, 3.05) is 13.2 Å². The van der Waals surface area contributed by atoms with Crippen molar-refractivity contribution < 1.29 is 39.8 Å². The second-order valence-electron chi connectivity index (χ2n) is 17.6. The molecular formula is C52H95NO8. The number of unbranched alkanes of at least 4 members (excludes halogenated alkanes) is 27. The van der Waals surface area contributed by atoms with Crippen molar-refractivity contribution in [3.63, 3.8) is 0 Å². The molecule has 7 unspecified atom stereocenters. The fourth-order valence-electron chi connectivity index (χ4n) is 7.90. The minimum absolute atomic E-state index is 0.194. The maximum atomic E-state index is 12.9. The first-order valence-electron chi connectivity index (χ1n) is 25.3. The normalized spacial score (nSPS) is 20.8. The zero-order valence-corrected chi connectivity index (χ0v) is 39.2. The number of carbonyl (C=O) groups is 1. The van der Waals surface area contributed by atoms with Gasteiger partial charge in [-0.25, -0.2) is 0 Å². The summed E-state index contributed by atoms with van der Waals surface area (Å²) < 4.78 is 11.2. The monoisotopic (exact) mass is 862 g/mol. The summed E-state index contributed by atoms with van der Waals surface area (Å²) in [4.78, 5) is 12.9. The molecule has 356 valence electrons. The third kappa shape index (κ3) is 32.5. The largest absolute Gasteiger partial charge is 0.394 e. The van der Waals surface area contributed by atoms with E-state index in [-0.39, 0.29) is 12.5 Å². The van der Waals surface area contributed by atoms with Gasteiger partial charge in [0.15, 0.2) is 6.29 Å². The molecule has 0 aromatic rings. The van der Waals surface area contributed by atoms with Gasteiger partial charge in [0.05, 0.1) is 25.4 Å². The molecule has 7 atom stereocenters. The highest BCUT2D eigenvalue weighted by atomic mass is 16.7. The van der Waals surface area contributed by atoms with E-state index in [1.165, 1.54) is 154 Å². The molecule has 0 saturated carbocycles. The number of amides is 1. The van der Waals surface area contributed by atoms with Crippen molar-refractivity contribution in [1.82, 2.24) is 5.32 Å². The number of aliphatic hydroxyl groups excluding tert-OH is 5. The number of hydrogen-bond donors (Lipinski definition) is 6. The Morgan fingerprint density at radius 3 is 1.48 bits per heavy atom. The Bertz CT molecular complexity index is 1090. The summed E-state index contributed by atoms with van der Waals surface area (Å²) in [5.41, 5.74) is 0. The Labute approximate surface area is 373 Å². The summed E-state index contributed by atoms with van der Waals surface area (Å²) in [6.07, 6.45) is 47.9. The predicted octanol–water partition coefficient (Wildman–Crippen LogP) is 11.4. The first-order valence-corrected chi connectivity index (χ1v) is 25.3. The average Bonchev–Trinajstić information content (AvgIpc) is 3.26. The summed E-state index contributed by atoms with van der Waals surface area (Å²) in [6, 6.07) is -0.826. The topological polar surface area (TPSA) is 149 Å². The maximum Gasteiger partial charge on any atom is 0.220 e. The fraction of sp³-hybridized carbons (Fsp3) is 0.827. The van der Waals surface area contributed by atoms with Gasteiger partial charge < -0.3 is 40.3 Å². The molecule has 1 fully saturated rings. The van der Waals surface area contributed by atoms with Crippen LogP contribution in [0.5, 0.6) is 0 Å². The molecule has 0 bridgehead atoms. The molecule has 1 saturated heterocycles. The first-order chi connectivity index (χ1) is 29.8. The van der Waals surface area contributed by atoms with Gasteiger partial charge in [0.25, 0.3) is 0 Å². The van der Waals surface area contributed by atoms with Crippen LogP contribution in [-0.2, 0) is 14.3 Å². The van der Waals surface area contributed by atoms with Gasteiger partial charge in [-0.1, -0.05) is 197 Å². The summed E-state index contributed by atoms with van der Waals surface area (Å²) in [6.45, 7) is 3.52. The lowest BCUT2D eigenvalue weighted by atomic mass is 9.99. The van der Waals surface area contributed by atoms with Crippen LogP contribution >= 0.6 is 0 Å². The summed E-state index contributed by atoms with van der Waals surface area (Å²) in [5, 5.41) is 54.0. The van der Waals surface area contributed by atoms with E-state index in [1.807, 2.05) is 19.1 Å². The van der Waals surface area contributed by atoms with E-state index in [0.29, 0.717) is 6.42 Å². The van der Waals surface area contributed by atoms with Crippen LogP contribution in [0.2, 0.25) is 0 Å². The van der Waals surface area contributed by atoms with Crippen molar-refractivity contribution in [2.45, 2.75) is 262 Å². The molecule has 1 aliphatic rings. The zero-order chi connectivity index (χ0) is 44.4. The lowest BCUT2D eigenvalue weighted by molar-refractivity contribution is -0.302. The fourth-order valence-corrected chi connectivity index (χ4v) is 7.90. The SMILES string of the molecule is C/C=C/CC/C=C/CC/C=C/C(O)C(COC1OC(CO)C(O)C(O)C1O)NC(=O)CCCCCCCCCCCCCCC/C=C\CCCCCCCCCCCCCC.